The summed E-state index contributed by atoms with van der Waals surface area (Å²) in [6.45, 7) is 0.0814. The lowest BCUT2D eigenvalue weighted by Crippen LogP contribution is -2.41. The fourth-order valence-electron chi connectivity index (χ4n) is 2.86. The topological polar surface area (TPSA) is 56.0 Å². The summed E-state index contributed by atoms with van der Waals surface area (Å²) in [6, 6.07) is 0.847. The summed E-state index contributed by atoms with van der Waals surface area (Å²) < 4.78 is 39.0. The molecule has 0 amide bonds. The third-order valence-corrected chi connectivity index (χ3v) is 4.05. The molecule has 1 fully saturated rings. The lowest BCUT2D eigenvalue weighted by molar-refractivity contribution is -0.138. The predicted molar refractivity (Wildman–Crippen MR) is 68.1 cm³/mol. The Morgan fingerprint density at radius 1 is 1.30 bits per heavy atom. The van der Waals surface area contributed by atoms with Crippen LogP contribution in [0.25, 0.3) is 0 Å². The first-order valence-corrected chi connectivity index (χ1v) is 6.67. The molecule has 0 spiro atoms. The maximum Gasteiger partial charge on any atom is 0.417 e. The molecule has 1 saturated carbocycles. The normalized spacial score (nSPS) is 18.8. The second-order valence-corrected chi connectivity index (χ2v) is 5.29. The molecule has 6 heteroatoms. The molecule has 2 rings (SSSR count). The predicted octanol–water partition coefficient (Wildman–Crippen LogP) is 3.19. The summed E-state index contributed by atoms with van der Waals surface area (Å²) in [4.78, 5) is 16.3. The van der Waals surface area contributed by atoms with E-state index < -0.39 is 22.9 Å². The molecular weight excluding hydrogens is 269 g/mol. The van der Waals surface area contributed by atoms with Crippen LogP contribution in [0, 0.1) is 5.41 Å². The quantitative estimate of drug-likeness (QED) is 0.868. The second-order valence-electron chi connectivity index (χ2n) is 5.29. The van der Waals surface area contributed by atoms with E-state index in [1.54, 1.807) is 0 Å². The number of nitrogens with zero attached hydrogens (tertiary/aromatic N) is 1. The van der Waals surface area contributed by atoms with Crippen LogP contribution >= 0.6 is 0 Å². The van der Waals surface area contributed by atoms with Crippen molar-refractivity contribution in [2.45, 2.75) is 38.3 Å². The van der Waals surface area contributed by atoms with Crippen LogP contribution in [0.5, 0.6) is 0 Å². The maximum atomic E-state index is 13.0. The third kappa shape index (κ3) is 2.70. The second kappa shape index (κ2) is 5.52. The lowest BCUT2D eigenvalue weighted by Gasteiger charge is -2.35. The Labute approximate surface area is 115 Å². The number of aromatic nitrogens is 1. The van der Waals surface area contributed by atoms with Gasteiger partial charge < -0.3 is 5.73 Å². The van der Waals surface area contributed by atoms with E-state index in [0.29, 0.717) is 12.8 Å². The van der Waals surface area contributed by atoms with Gasteiger partial charge in [-0.25, -0.2) is 0 Å². The molecule has 1 aromatic rings. The smallest absolute Gasteiger partial charge is 0.329 e. The van der Waals surface area contributed by atoms with Crippen molar-refractivity contribution in [1.29, 1.82) is 0 Å². The molecule has 0 aliphatic heterocycles. The van der Waals surface area contributed by atoms with E-state index in [4.69, 9.17) is 5.73 Å². The molecule has 3 nitrogen and oxygen atoms in total. The average Bonchev–Trinajstić information content (AvgIpc) is 2.46. The molecule has 0 aromatic carbocycles. The number of alkyl halides is 3. The number of carbonyl (C=O) groups excluding carboxylic acids is 1. The van der Waals surface area contributed by atoms with Gasteiger partial charge in [0.1, 0.15) is 0 Å². The fourth-order valence-corrected chi connectivity index (χ4v) is 2.86. The van der Waals surface area contributed by atoms with Crippen LogP contribution in [-0.4, -0.2) is 17.3 Å². The van der Waals surface area contributed by atoms with Gasteiger partial charge >= 0.3 is 6.18 Å². The van der Waals surface area contributed by atoms with Crippen molar-refractivity contribution in [2.75, 3.05) is 6.54 Å². The zero-order valence-electron chi connectivity index (χ0n) is 11.0. The Morgan fingerprint density at radius 2 is 1.95 bits per heavy atom. The summed E-state index contributed by atoms with van der Waals surface area (Å²) >= 11 is 0. The summed E-state index contributed by atoms with van der Waals surface area (Å²) in [5.74, 6) is -0.514. The molecule has 0 bridgehead atoms. The molecule has 0 unspecified atom stereocenters. The zero-order valence-corrected chi connectivity index (χ0v) is 11.0. The summed E-state index contributed by atoms with van der Waals surface area (Å²) in [6.07, 6.45) is 1.25. The molecule has 1 aromatic heterocycles. The Balaban J connectivity index is 2.43. The highest BCUT2D eigenvalue weighted by molar-refractivity contribution is 6.01. The maximum absolute atomic E-state index is 13.0. The van der Waals surface area contributed by atoms with Crippen LogP contribution in [0.3, 0.4) is 0 Å². The zero-order chi connectivity index (χ0) is 14.8. The van der Waals surface area contributed by atoms with Crippen LogP contribution in [0.2, 0.25) is 0 Å². The molecule has 0 radical (unpaired) electrons. The van der Waals surface area contributed by atoms with Crippen molar-refractivity contribution >= 4 is 5.78 Å². The molecule has 1 heterocycles. The number of hydrogen-bond donors (Lipinski definition) is 1. The van der Waals surface area contributed by atoms with Gasteiger partial charge in [-0.05, 0) is 18.9 Å². The molecule has 1 aliphatic carbocycles. The first-order valence-electron chi connectivity index (χ1n) is 6.67. The minimum atomic E-state index is -4.56. The van der Waals surface area contributed by atoms with Crippen molar-refractivity contribution < 1.29 is 18.0 Å². The van der Waals surface area contributed by atoms with E-state index in [1.807, 2.05) is 0 Å². The van der Waals surface area contributed by atoms with E-state index in [-0.39, 0.29) is 12.1 Å². The Morgan fingerprint density at radius 3 is 2.50 bits per heavy atom. The van der Waals surface area contributed by atoms with Crippen LogP contribution in [-0.2, 0) is 6.18 Å². The lowest BCUT2D eigenvalue weighted by atomic mass is 9.69. The number of hydrogen-bond acceptors (Lipinski definition) is 3. The van der Waals surface area contributed by atoms with Crippen molar-refractivity contribution in [3.05, 3.63) is 29.6 Å². The van der Waals surface area contributed by atoms with E-state index in [2.05, 4.69) is 4.98 Å². The van der Waals surface area contributed by atoms with Gasteiger partial charge in [-0.15, -0.1) is 0 Å². The highest BCUT2D eigenvalue weighted by Gasteiger charge is 2.43. The molecular formula is C14H17F3N2O. The van der Waals surface area contributed by atoms with Crippen molar-refractivity contribution in [3.63, 3.8) is 0 Å². The third-order valence-electron chi connectivity index (χ3n) is 4.05. The largest absolute Gasteiger partial charge is 0.417 e. The monoisotopic (exact) mass is 286 g/mol. The van der Waals surface area contributed by atoms with Gasteiger partial charge in [0.2, 0.25) is 0 Å². The van der Waals surface area contributed by atoms with Crippen LogP contribution in [0.15, 0.2) is 18.5 Å². The van der Waals surface area contributed by atoms with Gasteiger partial charge in [-0.2, -0.15) is 13.2 Å². The number of rotatable bonds is 3. The Bertz CT molecular complexity index is 493. The minimum absolute atomic E-state index is 0.0814. The highest BCUT2D eigenvalue weighted by atomic mass is 19.4. The van der Waals surface area contributed by atoms with Gasteiger partial charge in [-0.1, -0.05) is 19.3 Å². The number of ketones is 1. The number of halogens is 3. The first-order chi connectivity index (χ1) is 9.41. The summed E-state index contributed by atoms with van der Waals surface area (Å²) in [7, 11) is 0. The number of pyridine rings is 1. The van der Waals surface area contributed by atoms with Gasteiger partial charge in [-0.3, -0.25) is 9.78 Å². The Hall–Kier alpha value is -1.43. The van der Waals surface area contributed by atoms with Gasteiger partial charge in [0.05, 0.1) is 5.56 Å². The number of nitrogens with two attached hydrogens (primary N) is 1. The van der Waals surface area contributed by atoms with Crippen LogP contribution in [0.4, 0.5) is 13.2 Å². The van der Waals surface area contributed by atoms with Gasteiger partial charge in [0, 0.05) is 29.9 Å². The van der Waals surface area contributed by atoms with Crippen molar-refractivity contribution in [2.24, 2.45) is 11.1 Å². The highest BCUT2D eigenvalue weighted by Crippen LogP contribution is 2.41. The van der Waals surface area contributed by atoms with Crippen LogP contribution in [0.1, 0.15) is 48.0 Å². The molecule has 110 valence electrons. The molecule has 20 heavy (non-hydrogen) atoms. The average molecular weight is 286 g/mol. The molecule has 0 atom stereocenters. The number of carbonyl (C=O) groups is 1. The molecule has 2 N–H and O–H groups in total. The molecule has 0 saturated heterocycles. The molecule has 1 aliphatic rings. The standard InChI is InChI=1S/C14H17F3N2O/c15-14(16,17)11-4-7-19-8-10(11)12(20)13(9-18)5-2-1-3-6-13/h4,7-8H,1-3,5-6,9,18H2. The van der Waals surface area contributed by atoms with Gasteiger partial charge in [0.15, 0.2) is 5.78 Å². The first kappa shape index (κ1) is 15.0. The van der Waals surface area contributed by atoms with E-state index in [0.717, 1.165) is 37.7 Å². The van der Waals surface area contributed by atoms with E-state index in [9.17, 15) is 18.0 Å². The van der Waals surface area contributed by atoms with Crippen molar-refractivity contribution in [3.8, 4) is 0 Å². The summed E-state index contributed by atoms with van der Waals surface area (Å²) in [5, 5.41) is 0. The van der Waals surface area contributed by atoms with E-state index in [1.165, 1.54) is 0 Å². The SMILES string of the molecule is NCC1(C(=O)c2cnccc2C(F)(F)F)CCCCC1. The van der Waals surface area contributed by atoms with Crippen LogP contribution < -0.4 is 5.73 Å². The van der Waals surface area contributed by atoms with Gasteiger partial charge in [0.25, 0.3) is 0 Å². The fraction of sp³-hybridized carbons (Fsp3) is 0.571. The minimum Gasteiger partial charge on any atom is -0.329 e. The summed E-state index contributed by atoms with van der Waals surface area (Å²) in [5.41, 5.74) is 3.58. The number of Topliss-reactive ketones (excluding diaryl/α,β-unsaturated/α-hetero) is 1. The van der Waals surface area contributed by atoms with Crippen molar-refractivity contribution in [1.82, 2.24) is 4.98 Å². The Kier molecular flexibility index (Phi) is 4.13. The van der Waals surface area contributed by atoms with E-state index >= 15 is 0 Å².